The van der Waals surface area contributed by atoms with Gasteiger partial charge in [-0.05, 0) is 41.0 Å². The predicted molar refractivity (Wildman–Crippen MR) is 77.2 cm³/mol. The summed E-state index contributed by atoms with van der Waals surface area (Å²) in [5.74, 6) is -0.0731. The Hall–Kier alpha value is -1.30. The van der Waals surface area contributed by atoms with Crippen molar-refractivity contribution in [3.8, 4) is 0 Å². The molecule has 0 aromatic rings. The molecule has 0 aromatic heterocycles. The molecular weight excluding hydrogens is 258 g/mol. The summed E-state index contributed by atoms with van der Waals surface area (Å²) < 4.78 is 5.36. The number of carbonyl (C=O) groups is 2. The second-order valence-corrected chi connectivity index (χ2v) is 6.47. The predicted octanol–water partition coefficient (Wildman–Crippen LogP) is 1.19. The maximum atomic E-state index is 12.0. The van der Waals surface area contributed by atoms with Crippen molar-refractivity contribution < 1.29 is 14.3 Å². The summed E-state index contributed by atoms with van der Waals surface area (Å²) in [5, 5.41) is 0. The van der Waals surface area contributed by atoms with Gasteiger partial charge >= 0.3 is 6.09 Å². The summed E-state index contributed by atoms with van der Waals surface area (Å²) in [7, 11) is 0. The third kappa shape index (κ3) is 4.37. The van der Waals surface area contributed by atoms with Gasteiger partial charge in [-0.15, -0.1) is 0 Å². The minimum absolute atomic E-state index is 0.00111. The maximum Gasteiger partial charge on any atom is 0.410 e. The normalized spacial score (nSPS) is 19.4. The van der Waals surface area contributed by atoms with Gasteiger partial charge in [0.2, 0.25) is 5.91 Å². The molecule has 0 saturated carbocycles. The highest BCUT2D eigenvalue weighted by molar-refractivity contribution is 5.79. The molecule has 1 saturated heterocycles. The van der Waals surface area contributed by atoms with Gasteiger partial charge in [0.05, 0.1) is 12.6 Å². The molecule has 6 heteroatoms. The zero-order valence-corrected chi connectivity index (χ0v) is 13.2. The Bertz CT molecular complexity index is 363. The number of hydrogen-bond donors (Lipinski definition) is 1. The first-order valence-corrected chi connectivity index (χ1v) is 7.15. The summed E-state index contributed by atoms with van der Waals surface area (Å²) in [5.41, 5.74) is 4.96. The molecule has 2 N–H and O–H groups in total. The fourth-order valence-electron chi connectivity index (χ4n) is 2.48. The van der Waals surface area contributed by atoms with Crippen LogP contribution in [-0.2, 0) is 9.53 Å². The highest BCUT2D eigenvalue weighted by atomic mass is 16.6. The van der Waals surface area contributed by atoms with Crippen molar-refractivity contribution in [2.45, 2.75) is 58.7 Å². The molecule has 0 spiro atoms. The molecule has 0 radical (unpaired) electrons. The topological polar surface area (TPSA) is 75.9 Å². The molecular formula is C14H27N3O3. The van der Waals surface area contributed by atoms with Crippen LogP contribution in [0.3, 0.4) is 0 Å². The number of ether oxygens (including phenoxy) is 1. The van der Waals surface area contributed by atoms with Gasteiger partial charge in [0, 0.05) is 19.1 Å². The molecule has 6 nitrogen and oxygen atoms in total. The first-order chi connectivity index (χ1) is 9.15. The van der Waals surface area contributed by atoms with E-state index in [1.807, 2.05) is 34.6 Å². The summed E-state index contributed by atoms with van der Waals surface area (Å²) in [4.78, 5) is 27.4. The van der Waals surface area contributed by atoms with Crippen LogP contribution in [0, 0.1) is 0 Å². The van der Waals surface area contributed by atoms with E-state index in [0.717, 1.165) is 6.42 Å². The van der Waals surface area contributed by atoms with Gasteiger partial charge in [0.25, 0.3) is 0 Å². The lowest BCUT2D eigenvalue weighted by molar-refractivity contribution is -0.133. The maximum absolute atomic E-state index is 12.0. The number of rotatable bonds is 3. The smallest absolute Gasteiger partial charge is 0.410 e. The van der Waals surface area contributed by atoms with Gasteiger partial charge in [-0.2, -0.15) is 0 Å². The van der Waals surface area contributed by atoms with Crippen LogP contribution in [0.5, 0.6) is 0 Å². The fourth-order valence-corrected chi connectivity index (χ4v) is 2.48. The zero-order valence-electron chi connectivity index (χ0n) is 13.2. The Balaban J connectivity index is 2.66. The molecule has 1 atom stereocenters. The number of nitrogens with two attached hydrogens (primary N) is 1. The number of carbonyl (C=O) groups excluding carboxylic acids is 2. The Kier molecular flexibility index (Phi) is 5.39. The summed E-state index contributed by atoms with van der Waals surface area (Å²) in [6, 6.07) is 0.105. The van der Waals surface area contributed by atoms with E-state index < -0.39 is 5.60 Å². The van der Waals surface area contributed by atoms with E-state index in [1.165, 1.54) is 0 Å². The third-order valence-electron chi connectivity index (χ3n) is 3.23. The lowest BCUT2D eigenvalue weighted by Gasteiger charge is -2.32. The molecule has 0 aromatic carbocycles. The molecule has 20 heavy (non-hydrogen) atoms. The lowest BCUT2D eigenvalue weighted by Crippen LogP contribution is -2.49. The second kappa shape index (κ2) is 6.43. The van der Waals surface area contributed by atoms with Crippen LogP contribution in [0.2, 0.25) is 0 Å². The molecule has 0 bridgehead atoms. The first-order valence-electron chi connectivity index (χ1n) is 7.15. The molecule has 116 valence electrons. The highest BCUT2D eigenvalue weighted by Gasteiger charge is 2.35. The largest absolute Gasteiger partial charge is 0.444 e. The number of nitrogens with zero attached hydrogens (tertiary/aromatic N) is 2. The van der Waals surface area contributed by atoms with E-state index in [2.05, 4.69) is 0 Å². The van der Waals surface area contributed by atoms with Crippen molar-refractivity contribution in [2.24, 2.45) is 5.73 Å². The van der Waals surface area contributed by atoms with Gasteiger partial charge in [-0.25, -0.2) is 4.79 Å². The van der Waals surface area contributed by atoms with Crippen molar-refractivity contribution in [1.29, 1.82) is 0 Å². The molecule has 1 aliphatic rings. The third-order valence-corrected chi connectivity index (χ3v) is 3.23. The van der Waals surface area contributed by atoms with Crippen LogP contribution in [-0.4, -0.2) is 59.1 Å². The van der Waals surface area contributed by atoms with Crippen molar-refractivity contribution in [3.63, 3.8) is 0 Å². The summed E-state index contributed by atoms with van der Waals surface area (Å²) in [6.45, 7) is 10.6. The van der Waals surface area contributed by atoms with Crippen LogP contribution < -0.4 is 5.73 Å². The van der Waals surface area contributed by atoms with Crippen LogP contribution in [0.25, 0.3) is 0 Å². The van der Waals surface area contributed by atoms with Gasteiger partial charge in [0.1, 0.15) is 5.60 Å². The minimum atomic E-state index is -0.500. The molecule has 0 unspecified atom stereocenters. The Morgan fingerprint density at radius 1 is 1.40 bits per heavy atom. The van der Waals surface area contributed by atoms with Crippen molar-refractivity contribution >= 4 is 12.0 Å². The van der Waals surface area contributed by atoms with Crippen LogP contribution >= 0.6 is 0 Å². The van der Waals surface area contributed by atoms with Crippen LogP contribution in [0.1, 0.15) is 41.0 Å². The quantitative estimate of drug-likeness (QED) is 0.845. The molecule has 1 fully saturated rings. The Labute approximate surface area is 121 Å². The standard InChI is InChI=1S/C14H27N3O3/c1-10(2)17(12(18)8-15)11-6-7-16(9-11)13(19)20-14(3,4)5/h10-11H,6-9,15H2,1-5H3/t11-/m1/s1. The monoisotopic (exact) mass is 285 g/mol. The molecule has 0 aliphatic carbocycles. The highest BCUT2D eigenvalue weighted by Crippen LogP contribution is 2.20. The van der Waals surface area contributed by atoms with E-state index in [4.69, 9.17) is 10.5 Å². The van der Waals surface area contributed by atoms with Crippen LogP contribution in [0.15, 0.2) is 0 Å². The molecule has 1 aliphatic heterocycles. The number of likely N-dealkylation sites (tertiary alicyclic amines) is 1. The van der Waals surface area contributed by atoms with Crippen LogP contribution in [0.4, 0.5) is 4.79 Å². The summed E-state index contributed by atoms with van der Waals surface area (Å²) >= 11 is 0. The van der Waals surface area contributed by atoms with Gasteiger partial charge in [-0.1, -0.05) is 0 Å². The van der Waals surface area contributed by atoms with Gasteiger partial charge in [-0.3, -0.25) is 4.79 Å². The lowest BCUT2D eigenvalue weighted by atomic mass is 10.1. The molecule has 2 amide bonds. The van der Waals surface area contributed by atoms with E-state index in [-0.39, 0.29) is 30.6 Å². The minimum Gasteiger partial charge on any atom is -0.444 e. The summed E-state index contributed by atoms with van der Waals surface area (Å²) in [6.07, 6.45) is 0.451. The van der Waals surface area contributed by atoms with Crippen molar-refractivity contribution in [3.05, 3.63) is 0 Å². The van der Waals surface area contributed by atoms with Crippen molar-refractivity contribution in [1.82, 2.24) is 9.80 Å². The van der Waals surface area contributed by atoms with Gasteiger partial charge in [0.15, 0.2) is 0 Å². The molecule has 1 rings (SSSR count). The second-order valence-electron chi connectivity index (χ2n) is 6.47. The van der Waals surface area contributed by atoms with E-state index >= 15 is 0 Å². The fraction of sp³-hybridized carbons (Fsp3) is 0.857. The van der Waals surface area contributed by atoms with E-state index in [1.54, 1.807) is 9.80 Å². The molecule has 1 heterocycles. The van der Waals surface area contributed by atoms with E-state index in [9.17, 15) is 9.59 Å². The number of hydrogen-bond acceptors (Lipinski definition) is 4. The Morgan fingerprint density at radius 2 is 2.00 bits per heavy atom. The van der Waals surface area contributed by atoms with Crippen molar-refractivity contribution in [2.75, 3.05) is 19.6 Å². The van der Waals surface area contributed by atoms with E-state index in [0.29, 0.717) is 13.1 Å². The SMILES string of the molecule is CC(C)N(C(=O)CN)[C@@H]1CCN(C(=O)OC(C)(C)C)C1. The average Bonchev–Trinajstić information content (AvgIpc) is 2.75. The zero-order chi connectivity index (χ0) is 15.5. The number of amides is 2. The average molecular weight is 285 g/mol. The first kappa shape index (κ1) is 16.8. The Morgan fingerprint density at radius 3 is 2.45 bits per heavy atom. The van der Waals surface area contributed by atoms with Gasteiger partial charge < -0.3 is 20.3 Å².